The maximum atomic E-state index is 11.7. The van der Waals surface area contributed by atoms with Crippen LogP contribution in [0.2, 0.25) is 0 Å². The number of nitrogens with one attached hydrogen (secondary N) is 1. The standard InChI is InChI=1S/C19H23N7O2/c1-24-7-9-25(10-8-24)6-2-4-21-19-22-13-15-11-14-12-20-5-3-16(14)18(26(27)28)17(15)23-19/h3,5,11-13H,2,4,6-10H2,1H3,(H,21,22,23). The molecular weight excluding hydrogens is 358 g/mol. The SMILES string of the molecule is CN1CCN(CCCNc2ncc3cc4cnccc4c([N+](=O)[O-])c3n2)CC1. The second-order valence-corrected chi connectivity index (χ2v) is 7.14. The van der Waals surface area contributed by atoms with Gasteiger partial charge in [0.2, 0.25) is 5.95 Å². The van der Waals surface area contributed by atoms with Crippen LogP contribution in [0.1, 0.15) is 6.42 Å². The Morgan fingerprint density at radius 2 is 2.04 bits per heavy atom. The molecule has 1 N–H and O–H groups in total. The lowest BCUT2D eigenvalue weighted by Crippen LogP contribution is -2.44. The van der Waals surface area contributed by atoms with Gasteiger partial charge in [-0.1, -0.05) is 0 Å². The first-order valence-corrected chi connectivity index (χ1v) is 9.44. The van der Waals surface area contributed by atoms with Gasteiger partial charge in [-0.05, 0) is 32.1 Å². The lowest BCUT2D eigenvalue weighted by atomic mass is 10.1. The molecule has 0 atom stereocenters. The highest BCUT2D eigenvalue weighted by atomic mass is 16.6. The van der Waals surface area contributed by atoms with Crippen LogP contribution >= 0.6 is 0 Å². The Balaban J connectivity index is 1.48. The van der Waals surface area contributed by atoms with Crippen molar-refractivity contribution in [2.45, 2.75) is 6.42 Å². The predicted molar refractivity (Wildman–Crippen MR) is 109 cm³/mol. The van der Waals surface area contributed by atoms with Crippen LogP contribution in [0, 0.1) is 10.1 Å². The second kappa shape index (κ2) is 7.99. The molecule has 1 aliphatic heterocycles. The summed E-state index contributed by atoms with van der Waals surface area (Å²) in [5.41, 5.74) is 0.345. The van der Waals surface area contributed by atoms with E-state index in [0.717, 1.165) is 45.7 Å². The molecule has 0 spiro atoms. The molecule has 9 heteroatoms. The van der Waals surface area contributed by atoms with Crippen molar-refractivity contribution in [3.8, 4) is 0 Å². The van der Waals surface area contributed by atoms with Crippen LogP contribution in [0.4, 0.5) is 11.6 Å². The first kappa shape index (κ1) is 18.5. The number of hydrogen-bond acceptors (Lipinski definition) is 8. The van der Waals surface area contributed by atoms with Crippen molar-refractivity contribution in [2.75, 3.05) is 51.6 Å². The van der Waals surface area contributed by atoms with E-state index in [0.29, 0.717) is 27.6 Å². The Kier molecular flexibility index (Phi) is 5.27. The Morgan fingerprint density at radius 1 is 1.21 bits per heavy atom. The van der Waals surface area contributed by atoms with Crippen LogP contribution < -0.4 is 5.32 Å². The third kappa shape index (κ3) is 3.85. The highest BCUT2D eigenvalue weighted by Crippen LogP contribution is 2.32. The Morgan fingerprint density at radius 3 is 2.82 bits per heavy atom. The number of hydrogen-bond donors (Lipinski definition) is 1. The zero-order valence-electron chi connectivity index (χ0n) is 15.8. The van der Waals surface area contributed by atoms with Crippen LogP contribution in [-0.4, -0.2) is 76.0 Å². The van der Waals surface area contributed by atoms with Crippen molar-refractivity contribution in [1.29, 1.82) is 0 Å². The molecule has 4 rings (SSSR count). The summed E-state index contributed by atoms with van der Waals surface area (Å²) in [5.74, 6) is 0.419. The van der Waals surface area contributed by atoms with E-state index in [9.17, 15) is 10.1 Å². The highest BCUT2D eigenvalue weighted by Gasteiger charge is 2.20. The molecule has 3 aromatic rings. The number of rotatable bonds is 6. The third-order valence-electron chi connectivity index (χ3n) is 5.17. The van der Waals surface area contributed by atoms with E-state index >= 15 is 0 Å². The summed E-state index contributed by atoms with van der Waals surface area (Å²) in [6.45, 7) is 6.15. The Labute approximate surface area is 162 Å². The topological polar surface area (TPSA) is 100 Å². The molecule has 1 fully saturated rings. The minimum atomic E-state index is -0.380. The molecule has 2 aromatic heterocycles. The first-order chi connectivity index (χ1) is 13.6. The van der Waals surface area contributed by atoms with Crippen molar-refractivity contribution in [3.05, 3.63) is 40.8 Å². The molecule has 3 heterocycles. The monoisotopic (exact) mass is 381 g/mol. The quantitative estimate of drug-likeness (QED) is 0.300. The molecule has 0 radical (unpaired) electrons. The van der Waals surface area contributed by atoms with E-state index < -0.39 is 0 Å². The Hall–Kier alpha value is -2.91. The van der Waals surface area contributed by atoms with E-state index in [1.807, 2.05) is 6.07 Å². The van der Waals surface area contributed by atoms with Crippen molar-refractivity contribution in [2.24, 2.45) is 0 Å². The lowest BCUT2D eigenvalue weighted by Gasteiger charge is -2.32. The number of non-ortho nitro benzene ring substituents is 1. The molecule has 146 valence electrons. The predicted octanol–water partition coefficient (Wildman–Crippen LogP) is 2.14. The first-order valence-electron chi connectivity index (χ1n) is 9.44. The van der Waals surface area contributed by atoms with Gasteiger partial charge in [-0.25, -0.2) is 9.97 Å². The summed E-state index contributed by atoms with van der Waals surface area (Å²) in [6.07, 6.45) is 5.77. The summed E-state index contributed by atoms with van der Waals surface area (Å²) < 4.78 is 0. The lowest BCUT2D eigenvalue weighted by molar-refractivity contribution is -0.381. The maximum absolute atomic E-state index is 11.7. The number of fused-ring (bicyclic) bond motifs is 2. The summed E-state index contributed by atoms with van der Waals surface area (Å²) >= 11 is 0. The largest absolute Gasteiger partial charge is 0.354 e. The van der Waals surface area contributed by atoms with Gasteiger partial charge in [0.15, 0.2) is 5.52 Å². The van der Waals surface area contributed by atoms with Gasteiger partial charge in [0.05, 0.1) is 10.3 Å². The molecular formula is C19H23N7O2. The molecule has 9 nitrogen and oxygen atoms in total. The van der Waals surface area contributed by atoms with Crippen LogP contribution in [-0.2, 0) is 0 Å². The van der Waals surface area contributed by atoms with Gasteiger partial charge in [-0.15, -0.1) is 0 Å². The summed E-state index contributed by atoms with van der Waals surface area (Å²) in [4.78, 5) is 28.9. The normalized spacial score (nSPS) is 15.9. The van der Waals surface area contributed by atoms with Crippen LogP contribution in [0.25, 0.3) is 21.7 Å². The molecule has 0 aliphatic carbocycles. The molecule has 0 unspecified atom stereocenters. The van der Waals surface area contributed by atoms with E-state index in [1.165, 1.54) is 0 Å². The average Bonchev–Trinajstić information content (AvgIpc) is 2.70. The number of anilines is 1. The van der Waals surface area contributed by atoms with Crippen LogP contribution in [0.15, 0.2) is 30.7 Å². The number of nitrogens with zero attached hydrogens (tertiary/aromatic N) is 6. The fraction of sp³-hybridized carbons (Fsp3) is 0.421. The van der Waals surface area contributed by atoms with Crippen molar-refractivity contribution < 1.29 is 4.92 Å². The van der Waals surface area contributed by atoms with E-state index in [-0.39, 0.29) is 10.6 Å². The highest BCUT2D eigenvalue weighted by molar-refractivity contribution is 6.06. The number of pyridine rings is 1. The van der Waals surface area contributed by atoms with Gasteiger partial charge >= 0.3 is 5.69 Å². The zero-order chi connectivity index (χ0) is 19.5. The van der Waals surface area contributed by atoms with Gasteiger partial charge in [-0.2, -0.15) is 0 Å². The number of benzene rings is 1. The smallest absolute Gasteiger partial charge is 0.303 e. The fourth-order valence-electron chi connectivity index (χ4n) is 3.56. The van der Waals surface area contributed by atoms with Crippen molar-refractivity contribution in [3.63, 3.8) is 0 Å². The number of nitro groups is 1. The number of aromatic nitrogens is 3. The molecule has 0 amide bonds. The molecule has 28 heavy (non-hydrogen) atoms. The number of piperazine rings is 1. The summed E-state index contributed by atoms with van der Waals surface area (Å²) in [7, 11) is 2.15. The number of nitro benzene ring substituents is 1. The minimum absolute atomic E-state index is 0.00205. The maximum Gasteiger partial charge on any atom is 0.303 e. The summed E-state index contributed by atoms with van der Waals surface area (Å²) in [5, 5.41) is 16.8. The van der Waals surface area contributed by atoms with Gasteiger partial charge in [0.1, 0.15) is 0 Å². The summed E-state index contributed by atoms with van der Waals surface area (Å²) in [6, 6.07) is 3.49. The minimum Gasteiger partial charge on any atom is -0.354 e. The fourth-order valence-corrected chi connectivity index (χ4v) is 3.56. The third-order valence-corrected chi connectivity index (χ3v) is 5.17. The van der Waals surface area contributed by atoms with Gasteiger partial charge in [0.25, 0.3) is 0 Å². The Bertz CT molecular complexity index is 1000. The van der Waals surface area contributed by atoms with Gasteiger partial charge in [-0.3, -0.25) is 15.1 Å². The number of likely N-dealkylation sites (N-methyl/N-ethyl adjacent to an activating group) is 1. The van der Waals surface area contributed by atoms with E-state index in [2.05, 4.69) is 37.1 Å². The molecule has 1 saturated heterocycles. The molecule has 0 saturated carbocycles. The van der Waals surface area contributed by atoms with Crippen LogP contribution in [0.3, 0.4) is 0 Å². The molecule has 1 aliphatic rings. The van der Waals surface area contributed by atoms with E-state index in [1.54, 1.807) is 24.7 Å². The zero-order valence-corrected chi connectivity index (χ0v) is 15.8. The molecule has 1 aromatic carbocycles. The molecule has 0 bridgehead atoms. The van der Waals surface area contributed by atoms with Gasteiger partial charge < -0.3 is 15.1 Å². The van der Waals surface area contributed by atoms with Crippen molar-refractivity contribution >= 4 is 33.3 Å². The van der Waals surface area contributed by atoms with Gasteiger partial charge in [0, 0.05) is 62.1 Å². The van der Waals surface area contributed by atoms with E-state index in [4.69, 9.17) is 0 Å². The van der Waals surface area contributed by atoms with Crippen molar-refractivity contribution in [1.82, 2.24) is 24.8 Å². The van der Waals surface area contributed by atoms with Crippen LogP contribution in [0.5, 0.6) is 0 Å². The second-order valence-electron chi connectivity index (χ2n) is 7.14. The average molecular weight is 381 g/mol.